The number of hydrogen-bond donors (Lipinski definition) is 0. The lowest BCUT2D eigenvalue weighted by Crippen LogP contribution is -2.41. The lowest BCUT2D eigenvalue weighted by Gasteiger charge is -2.31. The Morgan fingerprint density at radius 1 is 0.943 bits per heavy atom. The summed E-state index contributed by atoms with van der Waals surface area (Å²) in [6, 6.07) is 8.19. The van der Waals surface area contributed by atoms with E-state index in [4.69, 9.17) is 14.2 Å². The molecule has 6 heteroatoms. The highest BCUT2D eigenvalue weighted by Crippen LogP contribution is 2.49. The summed E-state index contributed by atoms with van der Waals surface area (Å²) in [5, 5.41) is 0. The molecule has 0 aliphatic heterocycles. The van der Waals surface area contributed by atoms with Gasteiger partial charge in [0.05, 0.1) is 13.2 Å². The molecule has 1 aromatic carbocycles. The topological polar surface area (TPSA) is 65.1 Å². The summed E-state index contributed by atoms with van der Waals surface area (Å²) >= 11 is 0. The Balaban J connectivity index is 2.13. The monoisotopic (exact) mass is 487 g/mol. The van der Waals surface area contributed by atoms with Crippen LogP contribution in [0, 0.1) is 0 Å². The third-order valence-corrected chi connectivity index (χ3v) is 6.13. The molecule has 0 bridgehead atoms. The first-order valence-electron chi connectivity index (χ1n) is 13.2. The normalized spacial score (nSPS) is 14.9. The molecule has 0 radical (unpaired) electrons. The quantitative estimate of drug-likeness (QED) is 0.124. The average Bonchev–Trinajstić information content (AvgIpc) is 3.58. The number of nitrogens with zero attached hydrogens (tertiary/aromatic N) is 1. The molecule has 1 saturated carbocycles. The molecule has 2 rings (SSSR count). The van der Waals surface area contributed by atoms with E-state index in [2.05, 4.69) is 19.1 Å². The minimum Gasteiger partial charge on any atom is -0.487 e. The van der Waals surface area contributed by atoms with Crippen molar-refractivity contribution < 1.29 is 23.8 Å². The van der Waals surface area contributed by atoms with Crippen LogP contribution in [0.25, 0.3) is 6.08 Å². The third-order valence-electron chi connectivity index (χ3n) is 6.13. The molecule has 0 unspecified atom stereocenters. The van der Waals surface area contributed by atoms with Gasteiger partial charge in [-0.15, -0.1) is 0 Å². The number of benzene rings is 1. The second-order valence-electron chi connectivity index (χ2n) is 10.4. The zero-order valence-corrected chi connectivity index (χ0v) is 22.7. The van der Waals surface area contributed by atoms with Crippen LogP contribution in [0.15, 0.2) is 30.0 Å². The molecule has 1 aliphatic carbocycles. The van der Waals surface area contributed by atoms with E-state index in [1.807, 2.05) is 44.7 Å². The van der Waals surface area contributed by atoms with Crippen LogP contribution in [0.1, 0.15) is 97.6 Å². The van der Waals surface area contributed by atoms with E-state index >= 15 is 0 Å². The zero-order valence-electron chi connectivity index (χ0n) is 22.7. The smallest absolute Gasteiger partial charge is 0.410 e. The molecule has 35 heavy (non-hydrogen) atoms. The lowest BCUT2D eigenvalue weighted by molar-refractivity contribution is -0.142. The molecule has 0 saturated heterocycles. The number of carbonyl (C=O) groups is 2. The zero-order chi connectivity index (χ0) is 25.9. The van der Waals surface area contributed by atoms with E-state index in [1.54, 1.807) is 13.0 Å². The largest absolute Gasteiger partial charge is 0.487 e. The van der Waals surface area contributed by atoms with Gasteiger partial charge in [-0.3, -0.25) is 0 Å². The van der Waals surface area contributed by atoms with E-state index in [0.717, 1.165) is 37.8 Å². The Morgan fingerprint density at radius 2 is 1.57 bits per heavy atom. The Labute approximate surface area is 212 Å². The van der Waals surface area contributed by atoms with Crippen molar-refractivity contribution in [1.29, 1.82) is 0 Å². The summed E-state index contributed by atoms with van der Waals surface area (Å²) in [5.74, 6) is -0.244. The highest BCUT2D eigenvalue weighted by molar-refractivity contribution is 5.91. The fourth-order valence-electron chi connectivity index (χ4n) is 4.12. The van der Waals surface area contributed by atoms with Crippen molar-refractivity contribution in [3.05, 3.63) is 41.2 Å². The first kappa shape index (κ1) is 28.7. The minimum absolute atomic E-state index is 0.0353. The van der Waals surface area contributed by atoms with Gasteiger partial charge in [-0.2, -0.15) is 0 Å². The van der Waals surface area contributed by atoms with Crippen molar-refractivity contribution in [3.63, 3.8) is 0 Å². The number of amides is 1. The molecule has 1 amide bonds. The van der Waals surface area contributed by atoms with Gasteiger partial charge in [0.1, 0.15) is 5.60 Å². The van der Waals surface area contributed by atoms with Crippen LogP contribution in [0.3, 0.4) is 0 Å². The van der Waals surface area contributed by atoms with Gasteiger partial charge in [0.25, 0.3) is 0 Å². The van der Waals surface area contributed by atoms with Crippen LogP contribution in [-0.4, -0.2) is 48.9 Å². The highest BCUT2D eigenvalue weighted by Gasteiger charge is 2.46. The van der Waals surface area contributed by atoms with E-state index < -0.39 is 11.6 Å². The number of unbranched alkanes of at least 4 members (excludes halogenated alkanes) is 4. The first-order valence-corrected chi connectivity index (χ1v) is 13.2. The van der Waals surface area contributed by atoms with Crippen LogP contribution < -0.4 is 0 Å². The van der Waals surface area contributed by atoms with Crippen LogP contribution >= 0.6 is 0 Å². The number of hydrogen-bond acceptors (Lipinski definition) is 5. The predicted octanol–water partition coefficient (Wildman–Crippen LogP) is 6.87. The van der Waals surface area contributed by atoms with Crippen molar-refractivity contribution in [2.24, 2.45) is 0 Å². The first-order chi connectivity index (χ1) is 16.6. The predicted molar refractivity (Wildman–Crippen MR) is 140 cm³/mol. The molecule has 0 heterocycles. The summed E-state index contributed by atoms with van der Waals surface area (Å²) in [4.78, 5) is 27.1. The Kier molecular flexibility index (Phi) is 11.1. The van der Waals surface area contributed by atoms with Crippen molar-refractivity contribution in [2.75, 3.05) is 26.3 Å². The van der Waals surface area contributed by atoms with E-state index in [0.29, 0.717) is 19.8 Å². The SMILES string of the molecule is CCCCCCCN(CC1(c2ccc(/C=C(\OCC)C(=O)OCC)cc2)CC1)C(=O)OC(C)(C)C. The van der Waals surface area contributed by atoms with Crippen LogP contribution in [-0.2, 0) is 24.4 Å². The van der Waals surface area contributed by atoms with Gasteiger partial charge in [0, 0.05) is 18.5 Å². The molecular formula is C29H45NO5. The third kappa shape index (κ3) is 9.58. The van der Waals surface area contributed by atoms with Crippen LogP contribution in [0.4, 0.5) is 4.79 Å². The van der Waals surface area contributed by atoms with Crippen molar-refractivity contribution >= 4 is 18.1 Å². The molecule has 1 aromatic rings. The van der Waals surface area contributed by atoms with Gasteiger partial charge in [-0.1, -0.05) is 56.9 Å². The molecule has 0 atom stereocenters. The minimum atomic E-state index is -0.514. The fraction of sp³-hybridized carbons (Fsp3) is 0.655. The maximum atomic E-state index is 13.0. The molecular weight excluding hydrogens is 442 g/mol. The number of carbonyl (C=O) groups excluding carboxylic acids is 2. The van der Waals surface area contributed by atoms with Crippen molar-refractivity contribution in [1.82, 2.24) is 4.90 Å². The number of esters is 1. The van der Waals surface area contributed by atoms with Gasteiger partial charge in [0.2, 0.25) is 5.76 Å². The maximum absolute atomic E-state index is 13.0. The Bertz CT molecular complexity index is 834. The lowest BCUT2D eigenvalue weighted by atomic mass is 9.94. The molecule has 0 N–H and O–H groups in total. The van der Waals surface area contributed by atoms with Crippen molar-refractivity contribution in [3.8, 4) is 0 Å². The van der Waals surface area contributed by atoms with Gasteiger partial charge in [0.15, 0.2) is 0 Å². The average molecular weight is 488 g/mol. The molecule has 0 spiro atoms. The summed E-state index contributed by atoms with van der Waals surface area (Å²) in [6.45, 7) is 13.6. The number of rotatable bonds is 14. The summed E-state index contributed by atoms with van der Waals surface area (Å²) < 4.78 is 16.3. The van der Waals surface area contributed by atoms with Gasteiger partial charge >= 0.3 is 12.1 Å². The summed E-state index contributed by atoms with van der Waals surface area (Å²) in [5.41, 5.74) is 1.54. The van der Waals surface area contributed by atoms with Crippen molar-refractivity contribution in [2.45, 2.75) is 97.5 Å². The summed E-state index contributed by atoms with van der Waals surface area (Å²) in [7, 11) is 0. The summed E-state index contributed by atoms with van der Waals surface area (Å²) in [6.07, 6.45) is 9.34. The second kappa shape index (κ2) is 13.6. The molecule has 196 valence electrons. The fourth-order valence-corrected chi connectivity index (χ4v) is 4.12. The molecule has 0 aromatic heterocycles. The van der Waals surface area contributed by atoms with E-state index in [1.165, 1.54) is 24.8 Å². The highest BCUT2D eigenvalue weighted by atomic mass is 16.6. The van der Waals surface area contributed by atoms with Crippen LogP contribution in [0.2, 0.25) is 0 Å². The maximum Gasteiger partial charge on any atom is 0.410 e. The molecule has 1 fully saturated rings. The molecule has 1 aliphatic rings. The Morgan fingerprint density at radius 3 is 2.11 bits per heavy atom. The van der Waals surface area contributed by atoms with Gasteiger partial charge < -0.3 is 19.1 Å². The standard InChI is InChI=1S/C29H45NO5/c1-7-10-11-12-13-20-30(27(32)35-28(4,5)6)22-29(18-19-29)24-16-14-23(15-17-24)21-25(33-8-2)26(31)34-9-3/h14-17,21H,7-13,18-20,22H2,1-6H3/b25-21-. The van der Waals surface area contributed by atoms with E-state index in [-0.39, 0.29) is 17.3 Å². The number of ether oxygens (including phenoxy) is 3. The van der Waals surface area contributed by atoms with Gasteiger partial charge in [-0.25, -0.2) is 9.59 Å². The van der Waals surface area contributed by atoms with Crippen LogP contribution in [0.5, 0.6) is 0 Å². The Hall–Kier alpha value is -2.50. The molecule has 6 nitrogen and oxygen atoms in total. The van der Waals surface area contributed by atoms with Gasteiger partial charge in [-0.05, 0) is 71.1 Å². The second-order valence-corrected chi connectivity index (χ2v) is 10.4. The van der Waals surface area contributed by atoms with E-state index in [9.17, 15) is 9.59 Å².